The van der Waals surface area contributed by atoms with Crippen LogP contribution in [0.3, 0.4) is 0 Å². The van der Waals surface area contributed by atoms with Crippen molar-refractivity contribution >= 4 is 22.4 Å². The van der Waals surface area contributed by atoms with Crippen LogP contribution in [0.2, 0.25) is 0 Å². The number of carbonyl (C=O) groups is 1. The number of ether oxygens (including phenoxy) is 1. The largest absolute Gasteiger partial charge is 0.394 e. The fourth-order valence-corrected chi connectivity index (χ4v) is 1.96. The molecule has 1 rings (SSSR count). The van der Waals surface area contributed by atoms with Crippen LogP contribution in [-0.4, -0.2) is 37.5 Å². The topological polar surface area (TPSA) is 70.6 Å². The molecular weight excluding hydrogens is 240 g/mol. The summed E-state index contributed by atoms with van der Waals surface area (Å²) >= 11 is 1.54. The molecule has 1 aromatic heterocycles. The molecule has 3 N–H and O–H groups in total. The van der Waals surface area contributed by atoms with Crippen LogP contribution in [0, 0.1) is 6.92 Å². The molecule has 96 valence electrons. The van der Waals surface area contributed by atoms with Crippen LogP contribution < -0.4 is 10.6 Å². The average molecular weight is 258 g/mol. The molecule has 0 radical (unpaired) electrons. The maximum Gasteiger partial charge on any atom is 0.319 e. The van der Waals surface area contributed by atoms with Gasteiger partial charge >= 0.3 is 6.03 Å². The van der Waals surface area contributed by atoms with E-state index >= 15 is 0 Å². The molecule has 1 aromatic rings. The Morgan fingerprint density at radius 3 is 2.94 bits per heavy atom. The SMILES string of the molecule is Cc1ccc(NC(=O)NCCCOCCO)s1. The first-order valence-electron chi connectivity index (χ1n) is 5.52. The van der Waals surface area contributed by atoms with Crippen LogP contribution in [0.15, 0.2) is 12.1 Å². The number of carbonyl (C=O) groups excluding carboxylic acids is 1. The lowest BCUT2D eigenvalue weighted by atomic mass is 10.4. The van der Waals surface area contributed by atoms with E-state index in [1.807, 2.05) is 19.1 Å². The maximum absolute atomic E-state index is 11.4. The van der Waals surface area contributed by atoms with E-state index in [1.54, 1.807) is 11.3 Å². The Kier molecular flexibility index (Phi) is 6.61. The van der Waals surface area contributed by atoms with Crippen LogP contribution in [0.25, 0.3) is 0 Å². The Hall–Kier alpha value is -1.11. The predicted octanol–water partition coefficient (Wildman–Crippen LogP) is 1.58. The third kappa shape index (κ3) is 6.25. The number of aliphatic hydroxyl groups excluding tert-OH is 1. The number of hydrogen-bond acceptors (Lipinski definition) is 4. The first-order valence-corrected chi connectivity index (χ1v) is 6.34. The molecule has 2 amide bonds. The van der Waals surface area contributed by atoms with Crippen molar-refractivity contribution < 1.29 is 14.6 Å². The minimum Gasteiger partial charge on any atom is -0.394 e. The highest BCUT2D eigenvalue weighted by atomic mass is 32.1. The highest BCUT2D eigenvalue weighted by Crippen LogP contribution is 2.20. The molecule has 0 bridgehead atoms. The van der Waals surface area contributed by atoms with E-state index in [9.17, 15) is 4.79 Å². The average Bonchev–Trinajstić information content (AvgIpc) is 2.69. The molecular formula is C11H18N2O3S. The van der Waals surface area contributed by atoms with Crippen molar-refractivity contribution in [2.75, 3.05) is 31.7 Å². The minimum atomic E-state index is -0.200. The summed E-state index contributed by atoms with van der Waals surface area (Å²) in [6, 6.07) is 3.64. The van der Waals surface area contributed by atoms with Gasteiger partial charge in [-0.15, -0.1) is 11.3 Å². The fourth-order valence-electron chi connectivity index (χ4n) is 1.20. The summed E-state index contributed by atoms with van der Waals surface area (Å²) in [7, 11) is 0. The van der Waals surface area contributed by atoms with Crippen molar-refractivity contribution in [1.29, 1.82) is 0 Å². The number of hydrogen-bond donors (Lipinski definition) is 3. The second kappa shape index (κ2) is 8.05. The van der Waals surface area contributed by atoms with Gasteiger partial charge in [-0.25, -0.2) is 4.79 Å². The summed E-state index contributed by atoms with van der Waals surface area (Å²) in [5.41, 5.74) is 0. The Balaban J connectivity index is 2.05. The molecule has 1 heterocycles. The van der Waals surface area contributed by atoms with Crippen LogP contribution in [-0.2, 0) is 4.74 Å². The van der Waals surface area contributed by atoms with E-state index in [-0.39, 0.29) is 12.6 Å². The molecule has 0 aliphatic heterocycles. The van der Waals surface area contributed by atoms with Gasteiger partial charge in [-0.05, 0) is 25.5 Å². The van der Waals surface area contributed by atoms with E-state index < -0.39 is 0 Å². The molecule has 0 aliphatic carbocycles. The summed E-state index contributed by atoms with van der Waals surface area (Å²) in [6.45, 7) is 3.47. The van der Waals surface area contributed by atoms with Gasteiger partial charge in [0.15, 0.2) is 0 Å². The molecule has 0 fully saturated rings. The normalized spacial score (nSPS) is 10.2. The highest BCUT2D eigenvalue weighted by Gasteiger charge is 2.02. The van der Waals surface area contributed by atoms with Gasteiger partial charge in [0.05, 0.1) is 18.2 Å². The van der Waals surface area contributed by atoms with Gasteiger partial charge in [-0.3, -0.25) is 5.32 Å². The van der Waals surface area contributed by atoms with Gasteiger partial charge in [-0.2, -0.15) is 0 Å². The lowest BCUT2D eigenvalue weighted by Gasteiger charge is -2.06. The molecule has 5 nitrogen and oxygen atoms in total. The summed E-state index contributed by atoms with van der Waals surface area (Å²) in [5.74, 6) is 0. The van der Waals surface area contributed by atoms with E-state index in [0.29, 0.717) is 19.8 Å². The summed E-state index contributed by atoms with van der Waals surface area (Å²) in [5, 5.41) is 14.8. The third-order valence-corrected chi connectivity index (χ3v) is 2.88. The number of nitrogens with one attached hydrogen (secondary N) is 2. The van der Waals surface area contributed by atoms with Crippen LogP contribution >= 0.6 is 11.3 Å². The quantitative estimate of drug-likeness (QED) is 0.650. The Bertz CT molecular complexity index is 341. The zero-order valence-electron chi connectivity index (χ0n) is 9.86. The van der Waals surface area contributed by atoms with Gasteiger partial charge < -0.3 is 15.2 Å². The number of aliphatic hydroxyl groups is 1. The Labute approximate surface area is 105 Å². The van der Waals surface area contributed by atoms with Crippen molar-refractivity contribution in [3.63, 3.8) is 0 Å². The monoisotopic (exact) mass is 258 g/mol. The summed E-state index contributed by atoms with van der Waals surface area (Å²) in [6.07, 6.45) is 0.733. The number of amides is 2. The van der Waals surface area contributed by atoms with E-state index in [4.69, 9.17) is 9.84 Å². The molecule has 0 aromatic carbocycles. The predicted molar refractivity (Wildman–Crippen MR) is 68.6 cm³/mol. The first kappa shape index (κ1) is 14.0. The van der Waals surface area contributed by atoms with E-state index in [0.717, 1.165) is 16.3 Å². The number of urea groups is 1. The third-order valence-electron chi connectivity index (χ3n) is 1.96. The van der Waals surface area contributed by atoms with Gasteiger partial charge in [0.25, 0.3) is 0 Å². The lowest BCUT2D eigenvalue weighted by molar-refractivity contribution is 0.0910. The standard InChI is InChI=1S/C11H18N2O3S/c1-9-3-4-10(17-9)13-11(15)12-5-2-7-16-8-6-14/h3-4,14H,2,5-8H2,1H3,(H2,12,13,15). The van der Waals surface area contributed by atoms with Crippen molar-refractivity contribution in [2.45, 2.75) is 13.3 Å². The highest BCUT2D eigenvalue weighted by molar-refractivity contribution is 7.16. The molecule has 0 spiro atoms. The molecule has 0 atom stereocenters. The van der Waals surface area contributed by atoms with Crippen molar-refractivity contribution in [3.05, 3.63) is 17.0 Å². The van der Waals surface area contributed by atoms with Crippen molar-refractivity contribution in [3.8, 4) is 0 Å². The molecule has 0 unspecified atom stereocenters. The summed E-state index contributed by atoms with van der Waals surface area (Å²) < 4.78 is 5.07. The first-order chi connectivity index (χ1) is 8.22. The van der Waals surface area contributed by atoms with Gasteiger partial charge in [0.1, 0.15) is 0 Å². The number of aryl methyl sites for hydroxylation is 1. The second-order valence-corrected chi connectivity index (χ2v) is 4.77. The summed E-state index contributed by atoms with van der Waals surface area (Å²) in [4.78, 5) is 12.6. The number of rotatable bonds is 7. The number of thiophene rings is 1. The van der Waals surface area contributed by atoms with E-state index in [2.05, 4.69) is 10.6 Å². The molecule has 0 saturated carbocycles. The van der Waals surface area contributed by atoms with Gasteiger partial charge in [0, 0.05) is 18.0 Å². The molecule has 0 saturated heterocycles. The maximum atomic E-state index is 11.4. The zero-order chi connectivity index (χ0) is 12.5. The Morgan fingerprint density at radius 1 is 1.47 bits per heavy atom. The lowest BCUT2D eigenvalue weighted by Crippen LogP contribution is -2.29. The number of anilines is 1. The van der Waals surface area contributed by atoms with Crippen molar-refractivity contribution in [2.24, 2.45) is 0 Å². The smallest absolute Gasteiger partial charge is 0.319 e. The van der Waals surface area contributed by atoms with E-state index in [1.165, 1.54) is 0 Å². The minimum absolute atomic E-state index is 0.0334. The Morgan fingerprint density at radius 2 is 2.29 bits per heavy atom. The fraction of sp³-hybridized carbons (Fsp3) is 0.545. The molecule has 0 aliphatic rings. The van der Waals surface area contributed by atoms with Gasteiger partial charge in [-0.1, -0.05) is 0 Å². The molecule has 6 heteroatoms. The van der Waals surface area contributed by atoms with Crippen LogP contribution in [0.4, 0.5) is 9.80 Å². The second-order valence-electron chi connectivity index (χ2n) is 3.48. The van der Waals surface area contributed by atoms with Crippen molar-refractivity contribution in [1.82, 2.24) is 5.32 Å². The van der Waals surface area contributed by atoms with Crippen LogP contribution in [0.5, 0.6) is 0 Å². The van der Waals surface area contributed by atoms with Crippen LogP contribution in [0.1, 0.15) is 11.3 Å². The zero-order valence-corrected chi connectivity index (χ0v) is 10.7. The molecule has 17 heavy (non-hydrogen) atoms. The van der Waals surface area contributed by atoms with Gasteiger partial charge in [0.2, 0.25) is 0 Å².